The number of rotatable bonds is 7. The molecule has 0 atom stereocenters. The molecule has 14 nitrogen and oxygen atoms in total. The van der Waals surface area contributed by atoms with Crippen molar-refractivity contribution in [2.75, 3.05) is 36.8 Å². The van der Waals surface area contributed by atoms with Crippen molar-refractivity contribution in [3.8, 4) is 11.5 Å². The highest BCUT2D eigenvalue weighted by atomic mass is 16.6. The Morgan fingerprint density at radius 3 is 1.65 bits per heavy atom. The smallest absolute Gasteiger partial charge is 0.410 e. The number of hydrogen-bond donors (Lipinski definition) is 3. The number of phenols is 1. The molecule has 0 saturated carbocycles. The van der Waals surface area contributed by atoms with Crippen LogP contribution in [0.25, 0.3) is 22.2 Å². The topological polar surface area (TPSA) is 165 Å². The molecule has 4 heterocycles. The lowest BCUT2D eigenvalue weighted by Gasteiger charge is -2.33. The standard InChI is InChI=1S/C24H29N3O4.C17H23N3O4/c1-24(2,3)31-23(28)27-14-12-18(13-15-27)25-22-26-21-19(10-7-11-20(21)30-22)29-16-17-8-5-4-6-9-17;1-17(2,3)24-16(22)20-9-7-11(8-10-20)18-15-19-14-12(21)5-4-6-13(14)23-15/h4-11,18H,12-16H2,1-3H3,(H,25,26);4-6,11,21H,7-10H2,1-3H3,(H,18,19). The Morgan fingerprint density at radius 2 is 1.16 bits per heavy atom. The molecule has 3 aromatic carbocycles. The molecule has 2 aliphatic rings. The molecule has 2 aromatic heterocycles. The fourth-order valence-corrected chi connectivity index (χ4v) is 6.25. The van der Waals surface area contributed by atoms with Crippen LogP contribution in [0, 0.1) is 0 Å². The minimum absolute atomic E-state index is 0.101. The van der Waals surface area contributed by atoms with Gasteiger partial charge in [-0.2, -0.15) is 9.97 Å². The van der Waals surface area contributed by atoms with Gasteiger partial charge in [-0.3, -0.25) is 0 Å². The van der Waals surface area contributed by atoms with Crippen molar-refractivity contribution >= 4 is 46.4 Å². The number of nitrogens with zero attached hydrogens (tertiary/aromatic N) is 4. The summed E-state index contributed by atoms with van der Waals surface area (Å²) in [6.45, 7) is 14.2. The first-order valence-electron chi connectivity index (χ1n) is 18.8. The first-order valence-corrected chi connectivity index (χ1v) is 18.8. The van der Waals surface area contributed by atoms with Crippen LogP contribution in [0.15, 0.2) is 75.6 Å². The molecule has 294 valence electrons. The van der Waals surface area contributed by atoms with Crippen LogP contribution in [0.1, 0.15) is 72.8 Å². The van der Waals surface area contributed by atoms with Crippen LogP contribution in [-0.2, 0) is 16.1 Å². The lowest BCUT2D eigenvalue weighted by atomic mass is 10.1. The van der Waals surface area contributed by atoms with E-state index in [1.165, 1.54) is 0 Å². The van der Waals surface area contributed by atoms with Gasteiger partial charge in [0.25, 0.3) is 12.0 Å². The van der Waals surface area contributed by atoms with Gasteiger partial charge in [0.2, 0.25) is 0 Å². The number of likely N-dealkylation sites (tertiary alicyclic amines) is 2. The molecular formula is C41H52N6O8. The van der Waals surface area contributed by atoms with Gasteiger partial charge in [0, 0.05) is 38.3 Å². The average molecular weight is 757 g/mol. The van der Waals surface area contributed by atoms with Gasteiger partial charge in [0.15, 0.2) is 22.2 Å². The maximum absolute atomic E-state index is 12.2. The molecule has 2 fully saturated rings. The molecule has 5 aromatic rings. The second-order valence-corrected chi connectivity index (χ2v) is 15.8. The first-order chi connectivity index (χ1) is 26.2. The quantitative estimate of drug-likeness (QED) is 0.145. The Bertz CT molecular complexity index is 2030. The summed E-state index contributed by atoms with van der Waals surface area (Å²) in [4.78, 5) is 36.7. The van der Waals surface area contributed by atoms with E-state index < -0.39 is 11.2 Å². The Balaban J connectivity index is 0.000000193. The van der Waals surface area contributed by atoms with E-state index in [-0.39, 0.29) is 30.0 Å². The van der Waals surface area contributed by atoms with Crippen molar-refractivity contribution in [2.24, 2.45) is 0 Å². The average Bonchev–Trinajstić information content (AvgIpc) is 3.75. The summed E-state index contributed by atoms with van der Waals surface area (Å²) in [5.74, 6) is 0.793. The Hall–Kier alpha value is -5.66. The number of nitrogens with one attached hydrogen (secondary N) is 2. The van der Waals surface area contributed by atoms with Crippen molar-refractivity contribution in [2.45, 2.75) is 97.1 Å². The third-order valence-corrected chi connectivity index (χ3v) is 8.97. The molecule has 7 rings (SSSR count). The number of anilines is 2. The minimum Gasteiger partial charge on any atom is -0.506 e. The zero-order chi connectivity index (χ0) is 39.2. The van der Waals surface area contributed by atoms with E-state index in [2.05, 4.69) is 20.6 Å². The van der Waals surface area contributed by atoms with Crippen molar-refractivity contribution in [3.05, 3.63) is 72.3 Å². The lowest BCUT2D eigenvalue weighted by molar-refractivity contribution is 0.0199. The molecule has 2 aliphatic heterocycles. The molecule has 0 spiro atoms. The maximum Gasteiger partial charge on any atom is 0.410 e. The largest absolute Gasteiger partial charge is 0.506 e. The SMILES string of the molecule is CC(C)(C)OC(=O)N1CCC(Nc2nc3c(O)cccc3o2)CC1.CC(C)(C)OC(=O)N1CCC(Nc2nc3c(OCc4ccccc4)cccc3o2)CC1. The lowest BCUT2D eigenvalue weighted by Crippen LogP contribution is -2.44. The minimum atomic E-state index is -0.481. The molecular weight excluding hydrogens is 704 g/mol. The van der Waals surface area contributed by atoms with Gasteiger partial charge in [-0.25, -0.2) is 9.59 Å². The van der Waals surface area contributed by atoms with Gasteiger partial charge in [-0.15, -0.1) is 0 Å². The fraction of sp³-hybridized carbons (Fsp3) is 0.463. The Labute approximate surface area is 321 Å². The number of piperidine rings is 2. The second-order valence-electron chi connectivity index (χ2n) is 15.8. The highest BCUT2D eigenvalue weighted by molar-refractivity contribution is 5.82. The number of carbonyl (C=O) groups excluding carboxylic acids is 2. The number of phenolic OH excluding ortho intramolecular Hbond substituents is 1. The van der Waals surface area contributed by atoms with E-state index in [1.807, 2.05) is 90.1 Å². The van der Waals surface area contributed by atoms with Gasteiger partial charge in [-0.1, -0.05) is 42.5 Å². The van der Waals surface area contributed by atoms with Gasteiger partial charge >= 0.3 is 12.2 Å². The molecule has 14 heteroatoms. The van der Waals surface area contributed by atoms with Crippen LogP contribution in [0.2, 0.25) is 0 Å². The second kappa shape index (κ2) is 16.8. The zero-order valence-corrected chi connectivity index (χ0v) is 32.5. The van der Waals surface area contributed by atoms with Crippen LogP contribution in [0.3, 0.4) is 0 Å². The van der Waals surface area contributed by atoms with Gasteiger partial charge in [-0.05, 0) is 97.1 Å². The number of aromatic hydroxyl groups is 1. The number of amides is 2. The molecule has 0 bridgehead atoms. The van der Waals surface area contributed by atoms with Crippen LogP contribution in [0.5, 0.6) is 11.5 Å². The predicted octanol–water partition coefficient (Wildman–Crippen LogP) is 8.56. The monoisotopic (exact) mass is 756 g/mol. The molecule has 55 heavy (non-hydrogen) atoms. The third-order valence-electron chi connectivity index (χ3n) is 8.97. The van der Waals surface area contributed by atoms with Gasteiger partial charge in [0.1, 0.15) is 29.3 Å². The summed E-state index contributed by atoms with van der Waals surface area (Å²) >= 11 is 0. The highest BCUT2D eigenvalue weighted by Crippen LogP contribution is 2.30. The Kier molecular flexibility index (Phi) is 11.9. The number of benzene rings is 3. The number of hydrogen-bond acceptors (Lipinski definition) is 12. The molecule has 0 radical (unpaired) electrons. The number of para-hydroxylation sites is 2. The van der Waals surface area contributed by atoms with Crippen molar-refractivity contribution < 1.29 is 37.7 Å². The summed E-state index contributed by atoms with van der Waals surface area (Å²) < 4.78 is 28.3. The molecule has 2 saturated heterocycles. The van der Waals surface area contributed by atoms with Crippen molar-refractivity contribution in [1.29, 1.82) is 0 Å². The highest BCUT2D eigenvalue weighted by Gasteiger charge is 2.29. The molecule has 3 N–H and O–H groups in total. The van der Waals surface area contributed by atoms with Crippen LogP contribution in [-0.4, -0.2) is 86.5 Å². The third kappa shape index (κ3) is 11.0. The van der Waals surface area contributed by atoms with E-state index in [4.69, 9.17) is 23.0 Å². The molecule has 2 amide bonds. The van der Waals surface area contributed by atoms with E-state index in [0.717, 1.165) is 31.2 Å². The van der Waals surface area contributed by atoms with Crippen LogP contribution >= 0.6 is 0 Å². The molecule has 0 aliphatic carbocycles. The van der Waals surface area contributed by atoms with E-state index in [0.29, 0.717) is 72.8 Å². The number of carbonyl (C=O) groups is 2. The van der Waals surface area contributed by atoms with Crippen molar-refractivity contribution in [3.63, 3.8) is 0 Å². The van der Waals surface area contributed by atoms with Crippen LogP contribution < -0.4 is 15.4 Å². The fourth-order valence-electron chi connectivity index (χ4n) is 6.25. The summed E-state index contributed by atoms with van der Waals surface area (Å²) in [7, 11) is 0. The van der Waals surface area contributed by atoms with E-state index in [1.54, 1.807) is 28.0 Å². The zero-order valence-electron chi connectivity index (χ0n) is 32.5. The molecule has 0 unspecified atom stereocenters. The van der Waals surface area contributed by atoms with E-state index in [9.17, 15) is 14.7 Å². The number of oxazole rings is 2. The van der Waals surface area contributed by atoms with Crippen molar-refractivity contribution in [1.82, 2.24) is 19.8 Å². The number of aromatic nitrogens is 2. The summed E-state index contributed by atoms with van der Waals surface area (Å²) in [5.41, 5.74) is 2.51. The first kappa shape index (κ1) is 39.0. The van der Waals surface area contributed by atoms with E-state index >= 15 is 0 Å². The predicted molar refractivity (Wildman–Crippen MR) is 209 cm³/mol. The van der Waals surface area contributed by atoms with Gasteiger partial charge < -0.3 is 48.6 Å². The Morgan fingerprint density at radius 1 is 0.691 bits per heavy atom. The maximum atomic E-state index is 12.2. The van der Waals surface area contributed by atoms with Gasteiger partial charge in [0.05, 0.1) is 0 Å². The number of fused-ring (bicyclic) bond motifs is 2. The normalized spacial score (nSPS) is 15.7. The summed E-state index contributed by atoms with van der Waals surface area (Å²) in [6, 6.07) is 22.0. The van der Waals surface area contributed by atoms with Crippen LogP contribution in [0.4, 0.5) is 21.6 Å². The number of ether oxygens (including phenoxy) is 3. The summed E-state index contributed by atoms with van der Waals surface area (Å²) in [6.07, 6.45) is 2.64. The summed E-state index contributed by atoms with van der Waals surface area (Å²) in [5, 5.41) is 16.4.